The van der Waals surface area contributed by atoms with E-state index < -0.39 is 0 Å². The predicted octanol–water partition coefficient (Wildman–Crippen LogP) is 2.79. The highest BCUT2D eigenvalue weighted by Gasteiger charge is 2.39. The third-order valence-corrected chi connectivity index (χ3v) is 4.30. The summed E-state index contributed by atoms with van der Waals surface area (Å²) in [6.45, 7) is 5.06. The lowest BCUT2D eigenvalue weighted by atomic mass is 10.3. The monoisotopic (exact) mass is 348 g/mol. The van der Waals surface area contributed by atoms with E-state index >= 15 is 0 Å². The lowest BCUT2D eigenvalue weighted by molar-refractivity contribution is 0.0968. The van der Waals surface area contributed by atoms with Gasteiger partial charge in [0.15, 0.2) is 12.0 Å². The highest BCUT2D eigenvalue weighted by atomic mass is 35.5. The van der Waals surface area contributed by atoms with Gasteiger partial charge in [-0.15, -0.1) is 0 Å². The van der Waals surface area contributed by atoms with E-state index in [1.807, 2.05) is 31.1 Å². The number of aromatic nitrogens is 2. The molecule has 4 rings (SSSR count). The Balaban J connectivity index is 1.49. The van der Waals surface area contributed by atoms with Gasteiger partial charge in [-0.05, 0) is 31.6 Å². The van der Waals surface area contributed by atoms with Crippen molar-refractivity contribution in [2.24, 2.45) is 4.99 Å². The molecule has 1 saturated carbocycles. The third kappa shape index (κ3) is 3.33. The van der Waals surface area contributed by atoms with Crippen LogP contribution in [0.15, 0.2) is 35.0 Å². The van der Waals surface area contributed by atoms with E-state index in [1.165, 1.54) is 18.5 Å². The van der Waals surface area contributed by atoms with Crippen LogP contribution in [0.4, 0.5) is 5.82 Å². The van der Waals surface area contributed by atoms with Gasteiger partial charge in [0, 0.05) is 29.5 Å². The van der Waals surface area contributed by atoms with Crippen molar-refractivity contribution >= 4 is 23.4 Å². The number of fused-ring (bicyclic) bond motifs is 1. The van der Waals surface area contributed by atoms with Gasteiger partial charge in [-0.2, -0.15) is 10.1 Å². The summed E-state index contributed by atoms with van der Waals surface area (Å²) >= 11 is 6.21. The first-order valence-corrected chi connectivity index (χ1v) is 8.58. The quantitative estimate of drug-likeness (QED) is 0.612. The zero-order chi connectivity index (χ0) is 16.7. The molecule has 1 aliphatic carbocycles. The van der Waals surface area contributed by atoms with Crippen molar-refractivity contribution in [2.45, 2.75) is 38.7 Å². The lowest BCUT2D eigenvalue weighted by Gasteiger charge is -2.18. The Morgan fingerprint density at radius 3 is 3.08 bits per heavy atom. The standard InChI is InChI=1S/C16H21ClN6O/c1-10(2)24-9-12-6-23-15(18-12)7-22(17)8-16(23)19-14-5-13(20-21-14)11-3-4-11/h5-6,8,10-11H,3-4,7,9H2,1-2H3,(H2,19,20,21)/q+1. The fraction of sp³-hybridized carbons (Fsp3) is 0.500. The van der Waals surface area contributed by atoms with Gasteiger partial charge < -0.3 is 4.74 Å². The number of nitrogens with one attached hydrogen (secondary N) is 2. The zero-order valence-corrected chi connectivity index (χ0v) is 14.5. The first kappa shape index (κ1) is 15.7. The number of hydrogen-bond donors (Lipinski definition) is 2. The maximum atomic E-state index is 6.21. The summed E-state index contributed by atoms with van der Waals surface area (Å²) in [6.07, 6.45) is 6.48. The molecular formula is C16H21ClN6O+. The van der Waals surface area contributed by atoms with Gasteiger partial charge in [0.2, 0.25) is 0 Å². The first-order chi connectivity index (χ1) is 11.6. The average Bonchev–Trinajstić information content (AvgIpc) is 3.13. The number of anilines is 1. The fourth-order valence-corrected chi connectivity index (χ4v) is 2.92. The smallest absolute Gasteiger partial charge is 0.285 e. The second kappa shape index (κ2) is 6.23. The van der Waals surface area contributed by atoms with Gasteiger partial charge in [-0.1, -0.05) is 0 Å². The van der Waals surface area contributed by atoms with Crippen molar-refractivity contribution in [3.63, 3.8) is 0 Å². The maximum absolute atomic E-state index is 6.21. The molecule has 0 spiro atoms. The van der Waals surface area contributed by atoms with Crippen molar-refractivity contribution in [1.82, 2.24) is 19.5 Å². The molecule has 1 aromatic heterocycles. The number of nitrogens with zero attached hydrogens (tertiary/aromatic N) is 4. The van der Waals surface area contributed by atoms with Crippen LogP contribution in [0.3, 0.4) is 0 Å². The molecular weight excluding hydrogens is 328 g/mol. The normalized spacial score (nSPS) is 20.8. The molecule has 2 N–H and O–H groups in total. The van der Waals surface area contributed by atoms with Gasteiger partial charge >= 0.3 is 0 Å². The fourth-order valence-electron chi connectivity index (χ4n) is 2.72. The number of hydrogen-bond acceptors (Lipinski definition) is 6. The van der Waals surface area contributed by atoms with Crippen LogP contribution in [-0.4, -0.2) is 39.7 Å². The lowest BCUT2D eigenvalue weighted by Crippen LogP contribution is -2.42. The Morgan fingerprint density at radius 2 is 2.33 bits per heavy atom. The number of H-pyrrole nitrogens is 1. The molecule has 0 aromatic carbocycles. The van der Waals surface area contributed by atoms with Crippen molar-refractivity contribution in [3.8, 4) is 0 Å². The molecule has 0 atom stereocenters. The van der Waals surface area contributed by atoms with E-state index in [0.717, 1.165) is 23.2 Å². The SMILES string of the molecule is CC(C)OCC1=C[N+]2C(Nc3cc(C4CC4)[nH]n3)=CN(Cl)CC2=N1. The second-order valence-electron chi connectivity index (χ2n) is 6.56. The zero-order valence-electron chi connectivity index (χ0n) is 13.8. The molecule has 0 unspecified atom stereocenters. The van der Waals surface area contributed by atoms with Gasteiger partial charge in [0.05, 0.1) is 12.7 Å². The predicted molar refractivity (Wildman–Crippen MR) is 93.6 cm³/mol. The molecule has 0 saturated heterocycles. The number of rotatable bonds is 6. The molecule has 0 bridgehead atoms. The summed E-state index contributed by atoms with van der Waals surface area (Å²) in [4.78, 5) is 6.61. The van der Waals surface area contributed by atoms with Crippen molar-refractivity contribution in [1.29, 1.82) is 0 Å². The number of amidine groups is 1. The number of ether oxygens (including phenoxy) is 1. The van der Waals surface area contributed by atoms with Crippen LogP contribution >= 0.6 is 11.8 Å². The summed E-state index contributed by atoms with van der Waals surface area (Å²) in [5, 5.41) is 10.8. The van der Waals surface area contributed by atoms with E-state index in [0.29, 0.717) is 19.1 Å². The summed E-state index contributed by atoms with van der Waals surface area (Å²) in [5.41, 5.74) is 2.08. The maximum Gasteiger partial charge on any atom is 0.285 e. The van der Waals surface area contributed by atoms with Crippen LogP contribution in [0.1, 0.15) is 38.3 Å². The van der Waals surface area contributed by atoms with Crippen LogP contribution < -0.4 is 10.2 Å². The third-order valence-electron chi connectivity index (χ3n) is 4.08. The number of halogens is 1. The first-order valence-electron chi connectivity index (χ1n) is 8.24. The van der Waals surface area contributed by atoms with Crippen LogP contribution in [0.2, 0.25) is 0 Å². The van der Waals surface area contributed by atoms with Crippen LogP contribution in [0.5, 0.6) is 0 Å². The minimum atomic E-state index is 0.172. The van der Waals surface area contributed by atoms with Crippen LogP contribution in [0, 0.1) is 0 Å². The number of aromatic amines is 1. The highest BCUT2D eigenvalue weighted by molar-refractivity contribution is 6.16. The van der Waals surface area contributed by atoms with Gasteiger partial charge in [0.25, 0.3) is 11.7 Å². The largest absolute Gasteiger partial charge is 0.372 e. The Labute approximate surface area is 146 Å². The molecule has 8 heteroatoms. The molecule has 127 valence electrons. The topological polar surface area (TPSA) is 71.4 Å². The molecule has 1 fully saturated rings. The summed E-state index contributed by atoms with van der Waals surface area (Å²) in [5.74, 6) is 3.12. The molecule has 7 nitrogen and oxygen atoms in total. The van der Waals surface area contributed by atoms with Gasteiger partial charge in [-0.3, -0.25) is 14.8 Å². The van der Waals surface area contributed by atoms with E-state index in [4.69, 9.17) is 16.5 Å². The van der Waals surface area contributed by atoms with E-state index in [-0.39, 0.29) is 6.10 Å². The van der Waals surface area contributed by atoms with Crippen molar-refractivity contribution < 1.29 is 4.74 Å². The van der Waals surface area contributed by atoms with Gasteiger partial charge in [0.1, 0.15) is 18.4 Å². The second-order valence-corrected chi connectivity index (χ2v) is 6.99. The summed E-state index contributed by atoms with van der Waals surface area (Å²) in [7, 11) is 0. The number of aliphatic imine (C=N–C) groups is 1. The highest BCUT2D eigenvalue weighted by Crippen LogP contribution is 2.39. The Kier molecular flexibility index (Phi) is 4.07. The van der Waals surface area contributed by atoms with E-state index in [2.05, 4.69) is 26.6 Å². The average molecular weight is 349 g/mol. The van der Waals surface area contributed by atoms with E-state index in [9.17, 15) is 0 Å². The molecule has 3 heterocycles. The molecule has 3 aliphatic rings. The molecule has 1 radical (unpaired) electrons. The minimum absolute atomic E-state index is 0.172. The van der Waals surface area contributed by atoms with Crippen LogP contribution in [0.25, 0.3) is 0 Å². The van der Waals surface area contributed by atoms with Crippen molar-refractivity contribution in [3.05, 3.63) is 35.7 Å². The summed E-state index contributed by atoms with van der Waals surface area (Å²) < 4.78 is 7.23. The van der Waals surface area contributed by atoms with Crippen molar-refractivity contribution in [2.75, 3.05) is 18.5 Å². The molecule has 24 heavy (non-hydrogen) atoms. The molecule has 1 aromatic rings. The van der Waals surface area contributed by atoms with Gasteiger partial charge in [-0.25, -0.2) is 0 Å². The Hall–Kier alpha value is -1.83. The minimum Gasteiger partial charge on any atom is -0.372 e. The summed E-state index contributed by atoms with van der Waals surface area (Å²) in [6, 6.07) is 2.06. The Bertz CT molecular complexity index is 718. The molecule has 0 amide bonds. The van der Waals surface area contributed by atoms with E-state index in [1.54, 1.807) is 4.42 Å². The Morgan fingerprint density at radius 1 is 1.50 bits per heavy atom. The molecule has 2 aliphatic heterocycles. The van der Waals surface area contributed by atoms with Crippen LogP contribution in [-0.2, 0) is 4.74 Å².